The van der Waals surface area contributed by atoms with Gasteiger partial charge in [0.05, 0.1) is 5.56 Å². The maximum Gasteiger partial charge on any atom is 0.198 e. The van der Waals surface area contributed by atoms with Crippen LogP contribution >= 0.6 is 0 Å². The van der Waals surface area contributed by atoms with E-state index in [0.717, 1.165) is 0 Å². The highest BCUT2D eigenvalue weighted by Crippen LogP contribution is 2.33. The fourth-order valence-corrected chi connectivity index (χ4v) is 2.90. The molecule has 0 heterocycles. The summed E-state index contributed by atoms with van der Waals surface area (Å²) in [5.74, 6) is -0.0890. The van der Waals surface area contributed by atoms with Crippen LogP contribution in [0.5, 0.6) is 5.75 Å². The third-order valence-corrected chi connectivity index (χ3v) is 4.21. The molecule has 1 unspecified atom stereocenters. The first-order valence-corrected chi connectivity index (χ1v) is 8.65. The van der Waals surface area contributed by atoms with Crippen LogP contribution in [0.4, 0.5) is 0 Å². The first-order chi connectivity index (χ1) is 12.3. The van der Waals surface area contributed by atoms with Crippen molar-refractivity contribution >= 4 is 11.6 Å². The summed E-state index contributed by atoms with van der Waals surface area (Å²) in [5, 5.41) is 13.3. The molecule has 2 aromatic carbocycles. The Morgan fingerprint density at radius 3 is 2.23 bits per heavy atom. The van der Waals surface area contributed by atoms with E-state index in [2.05, 4.69) is 5.32 Å². The minimum atomic E-state index is -0.730. The van der Waals surface area contributed by atoms with E-state index in [9.17, 15) is 14.7 Å². The van der Waals surface area contributed by atoms with Crippen LogP contribution in [0.1, 0.15) is 52.6 Å². The second-order valence-electron chi connectivity index (χ2n) is 7.48. The minimum absolute atomic E-state index is 0.0304. The Morgan fingerprint density at radius 1 is 0.962 bits per heavy atom. The van der Waals surface area contributed by atoms with Crippen LogP contribution in [0.2, 0.25) is 0 Å². The van der Waals surface area contributed by atoms with E-state index in [1.165, 1.54) is 0 Å². The third kappa shape index (κ3) is 3.69. The summed E-state index contributed by atoms with van der Waals surface area (Å²) in [7, 11) is 0. The molecule has 5 heteroatoms. The van der Waals surface area contributed by atoms with Crippen molar-refractivity contribution in [3.05, 3.63) is 64.7 Å². The molecule has 0 saturated heterocycles. The maximum atomic E-state index is 12.9. The van der Waals surface area contributed by atoms with E-state index in [1.807, 2.05) is 20.8 Å². The predicted molar refractivity (Wildman–Crippen MR) is 99.0 cm³/mol. The molecular weight excluding hydrogens is 330 g/mol. The van der Waals surface area contributed by atoms with Crippen molar-refractivity contribution in [3.63, 3.8) is 0 Å². The zero-order valence-corrected chi connectivity index (χ0v) is 15.2. The molecule has 0 fully saturated rings. The summed E-state index contributed by atoms with van der Waals surface area (Å²) >= 11 is 0. The summed E-state index contributed by atoms with van der Waals surface area (Å²) in [6.45, 7) is 6.43. The Bertz CT molecular complexity index is 851. The number of aliphatic hydroxyl groups is 1. The van der Waals surface area contributed by atoms with Gasteiger partial charge in [0.2, 0.25) is 0 Å². The average Bonchev–Trinajstić information content (AvgIpc) is 2.62. The lowest BCUT2D eigenvalue weighted by Gasteiger charge is -2.24. The molecule has 136 valence electrons. The summed E-state index contributed by atoms with van der Waals surface area (Å²) in [5.41, 5.74) is 1.30. The normalized spacial score (nSPS) is 14.6. The monoisotopic (exact) mass is 353 g/mol. The lowest BCUT2D eigenvalue weighted by molar-refractivity contribution is 0.0936. The summed E-state index contributed by atoms with van der Waals surface area (Å²) in [4.78, 5) is 25.6. The highest BCUT2D eigenvalue weighted by Gasteiger charge is 2.32. The molecule has 0 aromatic heterocycles. The number of carbonyl (C=O) groups excluding carboxylic acids is 2. The number of hydrogen-bond donors (Lipinski definition) is 2. The van der Waals surface area contributed by atoms with Crippen molar-refractivity contribution in [2.45, 2.75) is 32.4 Å². The molecule has 1 aliphatic rings. The standard InChI is InChI=1S/C21H23NO4/c1-21(2,3)22-11-13(23)12-26-17-10-6-9-16-18(17)20(25)15-8-5-4-7-14(15)19(16)24/h4-10,13,22-23H,11-12H2,1-3H3. The van der Waals surface area contributed by atoms with Crippen molar-refractivity contribution in [1.29, 1.82) is 0 Å². The van der Waals surface area contributed by atoms with Gasteiger partial charge in [-0.05, 0) is 26.8 Å². The molecule has 2 aromatic rings. The fourth-order valence-electron chi connectivity index (χ4n) is 2.90. The van der Waals surface area contributed by atoms with Crippen LogP contribution < -0.4 is 10.1 Å². The Morgan fingerprint density at radius 2 is 1.58 bits per heavy atom. The largest absolute Gasteiger partial charge is 0.490 e. The van der Waals surface area contributed by atoms with Gasteiger partial charge in [-0.3, -0.25) is 9.59 Å². The predicted octanol–water partition coefficient (Wildman–Crippen LogP) is 2.59. The van der Waals surface area contributed by atoms with Gasteiger partial charge in [-0.2, -0.15) is 0 Å². The molecule has 0 saturated carbocycles. The second-order valence-corrected chi connectivity index (χ2v) is 7.48. The van der Waals surface area contributed by atoms with Gasteiger partial charge in [-0.1, -0.05) is 36.4 Å². The van der Waals surface area contributed by atoms with Crippen LogP contribution in [0, 0.1) is 0 Å². The van der Waals surface area contributed by atoms with E-state index >= 15 is 0 Å². The molecule has 0 radical (unpaired) electrons. The summed E-state index contributed by atoms with van der Waals surface area (Å²) in [6.07, 6.45) is -0.730. The number of carbonyl (C=O) groups is 2. The van der Waals surface area contributed by atoms with Crippen LogP contribution in [0.15, 0.2) is 42.5 Å². The Balaban J connectivity index is 1.81. The number of ketones is 2. The maximum absolute atomic E-state index is 12.9. The van der Waals surface area contributed by atoms with E-state index in [-0.39, 0.29) is 29.3 Å². The van der Waals surface area contributed by atoms with E-state index in [0.29, 0.717) is 29.0 Å². The lowest BCUT2D eigenvalue weighted by atomic mass is 9.83. The van der Waals surface area contributed by atoms with Crippen molar-refractivity contribution in [2.24, 2.45) is 0 Å². The first-order valence-electron chi connectivity index (χ1n) is 8.65. The SMILES string of the molecule is CC(C)(C)NCC(O)COc1cccc2c1C(=O)c1ccccc1C2=O. The van der Waals surface area contributed by atoms with Gasteiger partial charge in [0.1, 0.15) is 18.5 Å². The minimum Gasteiger partial charge on any atom is -0.490 e. The average molecular weight is 353 g/mol. The van der Waals surface area contributed by atoms with Gasteiger partial charge >= 0.3 is 0 Å². The number of rotatable bonds is 5. The van der Waals surface area contributed by atoms with Gasteiger partial charge in [0.25, 0.3) is 0 Å². The molecule has 0 bridgehead atoms. The molecule has 1 aliphatic carbocycles. The number of hydrogen-bond acceptors (Lipinski definition) is 5. The number of aliphatic hydroxyl groups excluding tert-OH is 1. The molecule has 2 N–H and O–H groups in total. The molecule has 0 amide bonds. The van der Waals surface area contributed by atoms with Gasteiger partial charge in [-0.15, -0.1) is 0 Å². The summed E-state index contributed by atoms with van der Waals surface area (Å²) < 4.78 is 5.70. The highest BCUT2D eigenvalue weighted by molar-refractivity contribution is 6.29. The number of benzene rings is 2. The zero-order chi connectivity index (χ0) is 18.9. The number of nitrogens with one attached hydrogen (secondary N) is 1. The smallest absolute Gasteiger partial charge is 0.198 e. The Kier molecular flexibility index (Phi) is 4.94. The van der Waals surface area contributed by atoms with E-state index in [4.69, 9.17) is 4.74 Å². The molecule has 0 aliphatic heterocycles. The Labute approximate surface area is 153 Å². The van der Waals surface area contributed by atoms with Crippen LogP contribution in [0.3, 0.4) is 0 Å². The Hall–Kier alpha value is -2.50. The topological polar surface area (TPSA) is 75.6 Å². The number of ether oxygens (including phenoxy) is 1. The van der Waals surface area contributed by atoms with Gasteiger partial charge < -0.3 is 15.2 Å². The molecule has 0 spiro atoms. The second kappa shape index (κ2) is 7.02. The van der Waals surface area contributed by atoms with Crippen molar-refractivity contribution in [3.8, 4) is 5.75 Å². The third-order valence-electron chi connectivity index (χ3n) is 4.21. The van der Waals surface area contributed by atoms with Crippen molar-refractivity contribution in [1.82, 2.24) is 5.32 Å². The van der Waals surface area contributed by atoms with Crippen LogP contribution in [-0.2, 0) is 0 Å². The van der Waals surface area contributed by atoms with Gasteiger partial charge in [-0.25, -0.2) is 0 Å². The number of β-amino-alcohol motifs (C(OH)–C–C–N with tert-alkyl or cyclic N) is 1. The van der Waals surface area contributed by atoms with Crippen molar-refractivity contribution in [2.75, 3.05) is 13.2 Å². The molecule has 26 heavy (non-hydrogen) atoms. The van der Waals surface area contributed by atoms with Crippen molar-refractivity contribution < 1.29 is 19.4 Å². The molecule has 1 atom stereocenters. The van der Waals surface area contributed by atoms with E-state index < -0.39 is 6.10 Å². The number of fused-ring (bicyclic) bond motifs is 2. The quantitative estimate of drug-likeness (QED) is 0.737. The van der Waals surface area contributed by atoms with Gasteiger partial charge in [0, 0.05) is 28.8 Å². The summed E-state index contributed by atoms with van der Waals surface area (Å²) in [6, 6.07) is 11.8. The van der Waals surface area contributed by atoms with Crippen LogP contribution in [0.25, 0.3) is 0 Å². The zero-order valence-electron chi connectivity index (χ0n) is 15.2. The van der Waals surface area contributed by atoms with Gasteiger partial charge in [0.15, 0.2) is 11.6 Å². The molecule has 3 rings (SSSR count). The van der Waals surface area contributed by atoms with Crippen LogP contribution in [-0.4, -0.2) is 41.5 Å². The van der Waals surface area contributed by atoms with E-state index in [1.54, 1.807) is 42.5 Å². The first kappa shape index (κ1) is 18.3. The molecule has 5 nitrogen and oxygen atoms in total. The fraction of sp³-hybridized carbons (Fsp3) is 0.333. The lowest BCUT2D eigenvalue weighted by Crippen LogP contribution is -2.42. The molecular formula is C21H23NO4. The highest BCUT2D eigenvalue weighted by atomic mass is 16.5.